The Morgan fingerprint density at radius 3 is 2.71 bits per heavy atom. The van der Waals surface area contributed by atoms with E-state index < -0.39 is 0 Å². The molecular formula is C14H19N3. The summed E-state index contributed by atoms with van der Waals surface area (Å²) in [5, 5.41) is 12.3. The zero-order valence-corrected chi connectivity index (χ0v) is 10.3. The molecule has 1 aromatic rings. The molecule has 1 heterocycles. The predicted molar refractivity (Wildman–Crippen MR) is 68.5 cm³/mol. The first-order valence-electron chi connectivity index (χ1n) is 6.25. The van der Waals surface area contributed by atoms with E-state index in [2.05, 4.69) is 47.5 Å². The van der Waals surface area contributed by atoms with Crippen molar-refractivity contribution in [1.82, 2.24) is 10.2 Å². The molecule has 0 spiro atoms. The number of aryl methyl sites for hydroxylation is 1. The third kappa shape index (κ3) is 3.06. The van der Waals surface area contributed by atoms with Crippen LogP contribution in [0.1, 0.15) is 18.1 Å². The van der Waals surface area contributed by atoms with Crippen molar-refractivity contribution in [2.24, 2.45) is 0 Å². The molecule has 90 valence electrons. The first kappa shape index (κ1) is 12.1. The number of benzene rings is 1. The Morgan fingerprint density at radius 2 is 2.06 bits per heavy atom. The van der Waals surface area contributed by atoms with E-state index in [4.69, 9.17) is 5.26 Å². The molecule has 0 amide bonds. The monoisotopic (exact) mass is 229 g/mol. The van der Waals surface area contributed by atoms with E-state index >= 15 is 0 Å². The van der Waals surface area contributed by atoms with Crippen molar-refractivity contribution in [1.29, 1.82) is 5.26 Å². The van der Waals surface area contributed by atoms with Gasteiger partial charge in [0.25, 0.3) is 0 Å². The Hall–Kier alpha value is -1.37. The summed E-state index contributed by atoms with van der Waals surface area (Å²) in [6, 6.07) is 11.1. The fraction of sp³-hybridized carbons (Fsp3) is 0.500. The van der Waals surface area contributed by atoms with Crippen molar-refractivity contribution in [3.63, 3.8) is 0 Å². The van der Waals surface area contributed by atoms with Gasteiger partial charge in [0.2, 0.25) is 0 Å². The molecular weight excluding hydrogens is 210 g/mol. The molecule has 2 rings (SSSR count). The van der Waals surface area contributed by atoms with Crippen molar-refractivity contribution in [2.75, 3.05) is 19.6 Å². The fourth-order valence-electron chi connectivity index (χ4n) is 2.18. The topological polar surface area (TPSA) is 39.1 Å². The summed E-state index contributed by atoms with van der Waals surface area (Å²) in [6.07, 6.45) is 1.08. The first-order valence-corrected chi connectivity index (χ1v) is 6.25. The minimum atomic E-state index is 0.00889. The van der Waals surface area contributed by atoms with E-state index in [0.717, 1.165) is 32.6 Å². The van der Waals surface area contributed by atoms with Crippen molar-refractivity contribution in [3.05, 3.63) is 35.4 Å². The summed E-state index contributed by atoms with van der Waals surface area (Å²) in [7, 11) is 0. The standard InChI is InChI=1S/C14H19N3/c1-2-12-3-5-13(6-4-12)11-17-8-7-16-10-14(17)9-15/h3-6,14,16H,2,7-8,10-11H2,1H3. The van der Waals surface area contributed by atoms with Crippen molar-refractivity contribution >= 4 is 0 Å². The van der Waals surface area contributed by atoms with E-state index in [9.17, 15) is 0 Å². The summed E-state index contributed by atoms with van der Waals surface area (Å²) in [6.45, 7) is 5.75. The Labute approximate surface area is 103 Å². The van der Waals surface area contributed by atoms with E-state index in [1.807, 2.05) is 0 Å². The largest absolute Gasteiger partial charge is 0.313 e. The van der Waals surface area contributed by atoms with Gasteiger partial charge >= 0.3 is 0 Å². The summed E-state index contributed by atoms with van der Waals surface area (Å²) < 4.78 is 0. The molecule has 1 aromatic carbocycles. The molecule has 0 aromatic heterocycles. The Kier molecular flexibility index (Phi) is 4.13. The first-order chi connectivity index (χ1) is 8.33. The maximum absolute atomic E-state index is 9.09. The van der Waals surface area contributed by atoms with Crippen LogP contribution in [0, 0.1) is 11.3 Å². The summed E-state index contributed by atoms with van der Waals surface area (Å²) in [4.78, 5) is 2.25. The van der Waals surface area contributed by atoms with Crippen LogP contribution in [-0.4, -0.2) is 30.6 Å². The van der Waals surface area contributed by atoms with E-state index in [1.54, 1.807) is 0 Å². The normalized spacial score (nSPS) is 21.1. The molecule has 1 fully saturated rings. The quantitative estimate of drug-likeness (QED) is 0.854. The molecule has 3 nitrogen and oxygen atoms in total. The van der Waals surface area contributed by atoms with E-state index in [0.29, 0.717) is 0 Å². The van der Waals surface area contributed by atoms with Crippen LogP contribution in [0.5, 0.6) is 0 Å². The van der Waals surface area contributed by atoms with Crippen LogP contribution in [-0.2, 0) is 13.0 Å². The predicted octanol–water partition coefficient (Wildman–Crippen LogP) is 1.55. The highest BCUT2D eigenvalue weighted by Crippen LogP contribution is 2.11. The highest BCUT2D eigenvalue weighted by atomic mass is 15.2. The lowest BCUT2D eigenvalue weighted by atomic mass is 10.1. The highest BCUT2D eigenvalue weighted by Gasteiger charge is 2.21. The molecule has 1 atom stereocenters. The minimum Gasteiger partial charge on any atom is -0.313 e. The molecule has 3 heteroatoms. The molecule has 1 N–H and O–H groups in total. The number of nitrogens with one attached hydrogen (secondary N) is 1. The Bertz CT molecular complexity index is 391. The Morgan fingerprint density at radius 1 is 1.35 bits per heavy atom. The van der Waals surface area contributed by atoms with Gasteiger partial charge in [-0.15, -0.1) is 0 Å². The zero-order chi connectivity index (χ0) is 12.1. The summed E-state index contributed by atoms with van der Waals surface area (Å²) in [5.41, 5.74) is 2.66. The van der Waals surface area contributed by atoms with Gasteiger partial charge in [0.1, 0.15) is 6.04 Å². The van der Waals surface area contributed by atoms with Gasteiger partial charge in [0.05, 0.1) is 6.07 Å². The number of hydrogen-bond acceptors (Lipinski definition) is 3. The van der Waals surface area contributed by atoms with Gasteiger partial charge in [-0.05, 0) is 17.5 Å². The summed E-state index contributed by atoms with van der Waals surface area (Å²) >= 11 is 0. The Balaban J connectivity index is 2.01. The van der Waals surface area contributed by atoms with Crippen LogP contribution in [0.3, 0.4) is 0 Å². The molecule has 0 aliphatic carbocycles. The lowest BCUT2D eigenvalue weighted by Gasteiger charge is -2.31. The third-order valence-electron chi connectivity index (χ3n) is 3.32. The number of piperazine rings is 1. The average molecular weight is 229 g/mol. The molecule has 1 saturated heterocycles. The number of hydrogen-bond donors (Lipinski definition) is 1. The highest BCUT2D eigenvalue weighted by molar-refractivity contribution is 5.22. The van der Waals surface area contributed by atoms with Crippen LogP contribution in [0.15, 0.2) is 24.3 Å². The van der Waals surface area contributed by atoms with Gasteiger partial charge in [0, 0.05) is 26.2 Å². The van der Waals surface area contributed by atoms with E-state index in [-0.39, 0.29) is 6.04 Å². The van der Waals surface area contributed by atoms with Crippen LogP contribution in [0.4, 0.5) is 0 Å². The average Bonchev–Trinajstić information content (AvgIpc) is 2.40. The lowest BCUT2D eigenvalue weighted by Crippen LogP contribution is -2.49. The third-order valence-corrected chi connectivity index (χ3v) is 3.32. The van der Waals surface area contributed by atoms with Crippen molar-refractivity contribution in [3.8, 4) is 6.07 Å². The van der Waals surface area contributed by atoms with Crippen molar-refractivity contribution in [2.45, 2.75) is 25.9 Å². The molecule has 1 aliphatic heterocycles. The van der Waals surface area contributed by atoms with Gasteiger partial charge in [-0.25, -0.2) is 0 Å². The van der Waals surface area contributed by atoms with Crippen molar-refractivity contribution < 1.29 is 0 Å². The molecule has 0 radical (unpaired) electrons. The SMILES string of the molecule is CCc1ccc(CN2CCNCC2C#N)cc1. The fourth-order valence-corrected chi connectivity index (χ4v) is 2.18. The molecule has 0 bridgehead atoms. The van der Waals surface area contributed by atoms with Crippen LogP contribution in [0.25, 0.3) is 0 Å². The number of rotatable bonds is 3. The van der Waals surface area contributed by atoms with Crippen LogP contribution < -0.4 is 5.32 Å². The summed E-state index contributed by atoms with van der Waals surface area (Å²) in [5.74, 6) is 0. The lowest BCUT2D eigenvalue weighted by molar-refractivity contribution is 0.189. The van der Waals surface area contributed by atoms with Gasteiger partial charge in [0.15, 0.2) is 0 Å². The second-order valence-corrected chi connectivity index (χ2v) is 4.49. The van der Waals surface area contributed by atoms with Gasteiger partial charge in [-0.2, -0.15) is 5.26 Å². The maximum atomic E-state index is 9.09. The van der Waals surface area contributed by atoms with Crippen LogP contribution in [0.2, 0.25) is 0 Å². The number of nitrogens with zero attached hydrogens (tertiary/aromatic N) is 2. The maximum Gasteiger partial charge on any atom is 0.111 e. The van der Waals surface area contributed by atoms with Gasteiger partial charge in [-0.3, -0.25) is 4.90 Å². The smallest absolute Gasteiger partial charge is 0.111 e. The second kappa shape index (κ2) is 5.81. The number of nitriles is 1. The van der Waals surface area contributed by atoms with Gasteiger partial charge in [-0.1, -0.05) is 31.2 Å². The van der Waals surface area contributed by atoms with Crippen LogP contribution >= 0.6 is 0 Å². The van der Waals surface area contributed by atoms with E-state index in [1.165, 1.54) is 11.1 Å². The molecule has 17 heavy (non-hydrogen) atoms. The van der Waals surface area contributed by atoms with Gasteiger partial charge < -0.3 is 5.32 Å². The molecule has 1 unspecified atom stereocenters. The molecule has 1 aliphatic rings. The zero-order valence-electron chi connectivity index (χ0n) is 10.3. The second-order valence-electron chi connectivity index (χ2n) is 4.49. The molecule has 0 saturated carbocycles. The minimum absolute atomic E-state index is 0.00889.